The molecule has 0 aliphatic carbocycles. The monoisotopic (exact) mass is 777 g/mol. The van der Waals surface area contributed by atoms with Gasteiger partial charge in [0.05, 0.1) is 22.3 Å². The van der Waals surface area contributed by atoms with Crippen molar-refractivity contribution in [3.63, 3.8) is 0 Å². The number of furan rings is 2. The third kappa shape index (κ3) is 4.97. The lowest BCUT2D eigenvalue weighted by Gasteiger charge is -2.25. The van der Waals surface area contributed by atoms with Crippen LogP contribution in [0.25, 0.3) is 71.2 Å². The van der Waals surface area contributed by atoms with Gasteiger partial charge in [-0.05, 0) is 89.6 Å². The fourth-order valence-electron chi connectivity index (χ4n) is 8.91. The van der Waals surface area contributed by atoms with Crippen molar-refractivity contribution in [2.75, 3.05) is 9.80 Å². The first-order valence-electron chi connectivity index (χ1n) is 19.0. The minimum absolute atomic E-state index is 0.329. The molecule has 4 aromatic heterocycles. The van der Waals surface area contributed by atoms with Crippen molar-refractivity contribution in [1.82, 2.24) is 4.40 Å². The van der Waals surface area contributed by atoms with Crippen LogP contribution in [-0.2, 0) is 0 Å². The zero-order chi connectivity index (χ0) is 39.5. The zero-order valence-corrected chi connectivity index (χ0v) is 30.8. The van der Waals surface area contributed by atoms with Gasteiger partial charge in [0.25, 0.3) is 0 Å². The van der Waals surface area contributed by atoms with E-state index in [1.54, 1.807) is 9.80 Å². The molecule has 0 saturated heterocycles. The molecule has 0 saturated carbocycles. The molecule has 0 radical (unpaired) electrons. The van der Waals surface area contributed by atoms with Crippen LogP contribution >= 0.6 is 0 Å². The molecule has 0 spiro atoms. The molecule has 0 fully saturated rings. The molecular formula is C50H27F4N3O2. The lowest BCUT2D eigenvalue weighted by Crippen LogP contribution is -2.10. The van der Waals surface area contributed by atoms with Gasteiger partial charge in [-0.1, -0.05) is 60.7 Å². The quantitative estimate of drug-likeness (QED) is 0.158. The van der Waals surface area contributed by atoms with E-state index < -0.39 is 23.3 Å². The third-order valence-corrected chi connectivity index (χ3v) is 11.2. The Kier molecular flexibility index (Phi) is 6.99. The number of halogens is 4. The second-order valence-electron chi connectivity index (χ2n) is 14.7. The molecule has 12 aromatic rings. The average molecular weight is 778 g/mol. The van der Waals surface area contributed by atoms with E-state index in [0.29, 0.717) is 45.1 Å². The SMILES string of the molecule is Fc1cc(F)cc(N(c2ccccc2)c2ccc3c(c2)oc2c4cc5ccccc5c5c6oc7cc(N(c8ccccc8)c8cc(F)cc(F)c8)ccc7c6n(c32)c45)c1. The number of benzene rings is 8. The summed E-state index contributed by atoms with van der Waals surface area (Å²) in [6, 6.07) is 47.7. The fourth-order valence-corrected chi connectivity index (χ4v) is 8.91. The number of hydrogen-bond acceptors (Lipinski definition) is 4. The van der Waals surface area contributed by atoms with Crippen LogP contribution < -0.4 is 9.80 Å². The van der Waals surface area contributed by atoms with E-state index in [4.69, 9.17) is 8.83 Å². The van der Waals surface area contributed by atoms with Gasteiger partial charge >= 0.3 is 0 Å². The van der Waals surface area contributed by atoms with E-state index in [1.807, 2.05) is 109 Å². The minimum atomic E-state index is -0.682. The molecule has 5 nitrogen and oxygen atoms in total. The Morgan fingerprint density at radius 2 is 0.831 bits per heavy atom. The summed E-state index contributed by atoms with van der Waals surface area (Å²) in [7, 11) is 0. The van der Waals surface area contributed by atoms with Crippen LogP contribution in [-0.4, -0.2) is 4.40 Å². The number of nitrogens with zero attached hydrogens (tertiary/aromatic N) is 3. The van der Waals surface area contributed by atoms with E-state index in [2.05, 4.69) is 22.6 Å². The van der Waals surface area contributed by atoms with Crippen LogP contribution in [0.1, 0.15) is 0 Å². The molecule has 0 unspecified atom stereocenters. The van der Waals surface area contributed by atoms with Crippen molar-refractivity contribution in [2.45, 2.75) is 0 Å². The second-order valence-corrected chi connectivity index (χ2v) is 14.7. The van der Waals surface area contributed by atoms with Crippen molar-refractivity contribution >= 4 is 105 Å². The summed E-state index contributed by atoms with van der Waals surface area (Å²) in [5.74, 6) is -2.73. The van der Waals surface area contributed by atoms with Gasteiger partial charge in [-0.25, -0.2) is 17.6 Å². The first-order valence-corrected chi connectivity index (χ1v) is 19.0. The molecule has 0 bridgehead atoms. The highest BCUT2D eigenvalue weighted by molar-refractivity contribution is 6.34. The van der Waals surface area contributed by atoms with E-state index in [-0.39, 0.29) is 0 Å². The maximum Gasteiger partial charge on any atom is 0.162 e. The summed E-state index contributed by atoms with van der Waals surface area (Å²) in [6.07, 6.45) is 0. The number of anilines is 6. The number of hydrogen-bond donors (Lipinski definition) is 0. The summed E-state index contributed by atoms with van der Waals surface area (Å²) >= 11 is 0. The highest BCUT2D eigenvalue weighted by atomic mass is 19.1. The van der Waals surface area contributed by atoms with Crippen LogP contribution in [0.3, 0.4) is 0 Å². The zero-order valence-electron chi connectivity index (χ0n) is 30.8. The predicted molar refractivity (Wildman–Crippen MR) is 227 cm³/mol. The highest BCUT2D eigenvalue weighted by Gasteiger charge is 2.29. The predicted octanol–water partition coefficient (Wildman–Crippen LogP) is 15.0. The minimum Gasteiger partial charge on any atom is -0.454 e. The molecule has 0 N–H and O–H groups in total. The van der Waals surface area contributed by atoms with Crippen LogP contribution in [0, 0.1) is 23.3 Å². The highest BCUT2D eigenvalue weighted by Crippen LogP contribution is 2.50. The molecule has 282 valence electrons. The number of rotatable bonds is 6. The molecule has 0 aliphatic rings. The van der Waals surface area contributed by atoms with E-state index in [1.165, 1.54) is 24.3 Å². The average Bonchev–Trinajstić information content (AvgIpc) is 3.96. The van der Waals surface area contributed by atoms with Gasteiger partial charge in [-0.3, -0.25) is 0 Å². The van der Waals surface area contributed by atoms with E-state index in [9.17, 15) is 17.6 Å². The standard InChI is InChI=1S/C50H27F4N3O2/c51-29-20-30(52)23-37(22-29)55(33-10-3-1-4-11-33)35-15-17-40-43(26-35)58-49-42-19-28-9-7-8-14-39(28)45-46(42)57(47(40)49)48-41-18-16-36(27-44(41)59-50(45)48)56(34-12-5-2-6-13-34)38-24-31(53)21-32(54)25-38/h1-27H. The van der Waals surface area contributed by atoms with Crippen LogP contribution in [0.2, 0.25) is 0 Å². The van der Waals surface area contributed by atoms with Crippen molar-refractivity contribution in [3.05, 3.63) is 187 Å². The lowest BCUT2D eigenvalue weighted by atomic mass is 10.0. The van der Waals surface area contributed by atoms with Crippen molar-refractivity contribution in [3.8, 4) is 0 Å². The topological polar surface area (TPSA) is 37.2 Å². The van der Waals surface area contributed by atoms with Gasteiger partial charge < -0.3 is 23.0 Å². The molecule has 59 heavy (non-hydrogen) atoms. The summed E-state index contributed by atoms with van der Waals surface area (Å²) < 4.78 is 74.5. The molecule has 0 aliphatic heterocycles. The normalized spacial score (nSPS) is 12.1. The van der Waals surface area contributed by atoms with Crippen molar-refractivity contribution in [2.24, 2.45) is 0 Å². The van der Waals surface area contributed by atoms with Gasteiger partial charge in [0.2, 0.25) is 0 Å². The Hall–Kier alpha value is -7.78. The third-order valence-electron chi connectivity index (χ3n) is 11.2. The number of fused-ring (bicyclic) bond motifs is 12. The van der Waals surface area contributed by atoms with E-state index in [0.717, 1.165) is 72.4 Å². The second kappa shape index (κ2) is 12.4. The number of aromatic nitrogens is 1. The van der Waals surface area contributed by atoms with Gasteiger partial charge in [0.15, 0.2) is 11.2 Å². The van der Waals surface area contributed by atoms with Crippen LogP contribution in [0.4, 0.5) is 51.7 Å². The Morgan fingerprint density at radius 1 is 0.356 bits per heavy atom. The Labute approximate surface area is 332 Å². The Morgan fingerprint density at radius 3 is 1.37 bits per heavy atom. The Balaban J connectivity index is 1.12. The van der Waals surface area contributed by atoms with E-state index >= 15 is 0 Å². The summed E-state index contributed by atoms with van der Waals surface area (Å²) in [6.45, 7) is 0. The van der Waals surface area contributed by atoms with Crippen molar-refractivity contribution < 1.29 is 26.4 Å². The summed E-state index contributed by atoms with van der Waals surface area (Å²) in [4.78, 5) is 3.59. The maximum absolute atomic E-state index is 14.7. The summed E-state index contributed by atoms with van der Waals surface area (Å²) in [5.41, 5.74) is 8.67. The first kappa shape index (κ1) is 33.4. The van der Waals surface area contributed by atoms with Gasteiger partial charge in [-0.15, -0.1) is 0 Å². The summed E-state index contributed by atoms with van der Waals surface area (Å²) in [5, 5.41) is 5.57. The molecule has 4 heterocycles. The first-order chi connectivity index (χ1) is 28.9. The fraction of sp³-hybridized carbons (Fsp3) is 0. The Bertz CT molecular complexity index is 3590. The van der Waals surface area contributed by atoms with Crippen LogP contribution in [0.15, 0.2) is 173 Å². The molecule has 0 atom stereocenters. The largest absolute Gasteiger partial charge is 0.454 e. The van der Waals surface area contributed by atoms with Crippen LogP contribution in [0.5, 0.6) is 0 Å². The van der Waals surface area contributed by atoms with Crippen molar-refractivity contribution in [1.29, 1.82) is 0 Å². The number of para-hydroxylation sites is 2. The van der Waals surface area contributed by atoms with Gasteiger partial charge in [-0.2, -0.15) is 0 Å². The maximum atomic E-state index is 14.7. The smallest absolute Gasteiger partial charge is 0.162 e. The van der Waals surface area contributed by atoms with Gasteiger partial charge in [0, 0.05) is 63.2 Å². The molecule has 12 rings (SSSR count). The molecule has 9 heteroatoms. The molecule has 0 amide bonds. The lowest BCUT2D eigenvalue weighted by molar-refractivity contribution is 0.583. The molecule has 8 aromatic carbocycles. The molecular weight excluding hydrogens is 751 g/mol. The van der Waals surface area contributed by atoms with Gasteiger partial charge in [0.1, 0.15) is 45.5 Å².